The predicted octanol–water partition coefficient (Wildman–Crippen LogP) is 4.33. The van der Waals surface area contributed by atoms with E-state index in [-0.39, 0.29) is 22.2 Å². The average Bonchev–Trinajstić information content (AvgIpc) is 3.21. The summed E-state index contributed by atoms with van der Waals surface area (Å²) >= 11 is 0. The monoisotopic (exact) mass is 542 g/mol. The van der Waals surface area contributed by atoms with Gasteiger partial charge < -0.3 is 5.32 Å². The molecule has 0 amide bonds. The van der Waals surface area contributed by atoms with Crippen molar-refractivity contribution in [2.24, 2.45) is 14.1 Å². The van der Waals surface area contributed by atoms with E-state index in [1.54, 1.807) is 36.1 Å². The second kappa shape index (κ2) is 9.82. The second-order valence-corrected chi connectivity index (χ2v) is 10.8. The number of benzene rings is 1. The van der Waals surface area contributed by atoms with E-state index in [2.05, 4.69) is 25.6 Å². The fourth-order valence-corrected chi connectivity index (χ4v) is 4.66. The normalized spacial score (nSPS) is 11.8. The van der Waals surface area contributed by atoms with Gasteiger partial charge in [-0.3, -0.25) is 14.3 Å². The molecule has 0 radical (unpaired) electrons. The zero-order valence-electron chi connectivity index (χ0n) is 23.6. The highest BCUT2D eigenvalue weighted by Gasteiger charge is 2.21. The van der Waals surface area contributed by atoms with Crippen LogP contribution in [0.1, 0.15) is 44.5 Å². The van der Waals surface area contributed by atoms with Gasteiger partial charge in [0.05, 0.1) is 17.3 Å². The van der Waals surface area contributed by atoms with Crippen molar-refractivity contribution in [2.75, 3.05) is 5.32 Å². The van der Waals surface area contributed by atoms with Crippen molar-refractivity contribution >= 4 is 22.3 Å². The number of nitrogens with one attached hydrogen (secondary N) is 1. The number of hydrogen-bond donors (Lipinski definition) is 1. The first-order valence-electron chi connectivity index (χ1n) is 13.0. The van der Waals surface area contributed by atoms with Gasteiger partial charge in [-0.05, 0) is 48.6 Å². The maximum Gasteiger partial charge on any atom is 0.290 e. The molecule has 0 aliphatic carbocycles. The molecule has 11 heteroatoms. The fourth-order valence-electron chi connectivity index (χ4n) is 4.66. The van der Waals surface area contributed by atoms with Crippen LogP contribution in [0.15, 0.2) is 52.3 Å². The van der Waals surface area contributed by atoms with Crippen LogP contribution in [0.4, 0.5) is 15.9 Å². The molecule has 4 heterocycles. The molecule has 0 saturated carbocycles. The number of rotatable bonds is 5. The Morgan fingerprint density at radius 2 is 1.75 bits per heavy atom. The van der Waals surface area contributed by atoms with Crippen LogP contribution >= 0.6 is 0 Å². The van der Waals surface area contributed by atoms with Crippen LogP contribution in [-0.4, -0.2) is 34.3 Å². The molecule has 0 aliphatic rings. The minimum absolute atomic E-state index is 0.0466. The minimum Gasteiger partial charge on any atom is -0.334 e. The third kappa shape index (κ3) is 4.67. The van der Waals surface area contributed by atoms with Crippen LogP contribution in [0.2, 0.25) is 0 Å². The third-order valence-corrected chi connectivity index (χ3v) is 7.01. The Bertz CT molecular complexity index is 1880. The lowest BCUT2D eigenvalue weighted by Gasteiger charge is -2.20. The van der Waals surface area contributed by atoms with Crippen molar-refractivity contribution in [1.29, 1.82) is 0 Å². The summed E-state index contributed by atoms with van der Waals surface area (Å²) in [4.78, 5) is 30.9. The first kappa shape index (κ1) is 26.9. The average molecular weight is 543 g/mol. The molecular weight excluding hydrogens is 511 g/mol. The van der Waals surface area contributed by atoms with Crippen molar-refractivity contribution in [1.82, 2.24) is 34.3 Å². The van der Waals surface area contributed by atoms with E-state index in [0.717, 1.165) is 15.9 Å². The van der Waals surface area contributed by atoms with Gasteiger partial charge in [0.1, 0.15) is 11.5 Å². The summed E-state index contributed by atoms with van der Waals surface area (Å²) < 4.78 is 19.4. The van der Waals surface area contributed by atoms with Crippen LogP contribution in [0.3, 0.4) is 0 Å². The van der Waals surface area contributed by atoms with Crippen LogP contribution in [0, 0.1) is 12.7 Å². The van der Waals surface area contributed by atoms with Gasteiger partial charge >= 0.3 is 0 Å². The predicted molar refractivity (Wildman–Crippen MR) is 153 cm³/mol. The zero-order chi connectivity index (χ0) is 28.9. The standard InChI is InChI=1S/C29H31FN8O2/c1-8-19-20(22-14-23(27(39)37(7)34-22)33-24-11-16(2)36(6)35-24)9-10-31-26(19)38-28(40)25-17(15-32-38)12-18(13-21(25)30)29(3,4)5/h9-15H,8H2,1-7H3,(H,33,35). The molecule has 1 N–H and O–H groups in total. The molecule has 10 nitrogen and oxygen atoms in total. The second-order valence-electron chi connectivity index (χ2n) is 10.8. The smallest absolute Gasteiger partial charge is 0.290 e. The molecule has 5 rings (SSSR count). The van der Waals surface area contributed by atoms with Crippen molar-refractivity contribution in [3.05, 3.63) is 86.1 Å². The minimum atomic E-state index is -0.601. The quantitative estimate of drug-likeness (QED) is 0.352. The van der Waals surface area contributed by atoms with Crippen molar-refractivity contribution < 1.29 is 4.39 Å². The van der Waals surface area contributed by atoms with Gasteiger partial charge in [0.25, 0.3) is 11.1 Å². The van der Waals surface area contributed by atoms with E-state index < -0.39 is 11.4 Å². The van der Waals surface area contributed by atoms with E-state index in [0.29, 0.717) is 40.1 Å². The molecule has 0 spiro atoms. The number of aromatic nitrogens is 7. The van der Waals surface area contributed by atoms with E-state index in [9.17, 15) is 9.59 Å². The molecule has 0 saturated heterocycles. The number of nitrogens with zero attached hydrogens (tertiary/aromatic N) is 7. The van der Waals surface area contributed by atoms with Crippen molar-refractivity contribution in [3.8, 4) is 17.1 Å². The van der Waals surface area contributed by atoms with Gasteiger partial charge in [0.2, 0.25) is 0 Å². The highest BCUT2D eigenvalue weighted by Crippen LogP contribution is 2.29. The molecule has 5 aromatic rings. The summed E-state index contributed by atoms with van der Waals surface area (Å²) in [6.07, 6.45) is 3.51. The molecule has 40 heavy (non-hydrogen) atoms. The van der Waals surface area contributed by atoms with E-state index in [1.807, 2.05) is 47.7 Å². The molecule has 0 aliphatic heterocycles. The van der Waals surface area contributed by atoms with E-state index >= 15 is 4.39 Å². The fraction of sp³-hybridized carbons (Fsp3) is 0.310. The van der Waals surface area contributed by atoms with Gasteiger partial charge in [-0.25, -0.2) is 14.1 Å². The van der Waals surface area contributed by atoms with Crippen LogP contribution < -0.4 is 16.4 Å². The molecule has 0 atom stereocenters. The van der Waals surface area contributed by atoms with Gasteiger partial charge in [-0.15, -0.1) is 0 Å². The zero-order valence-corrected chi connectivity index (χ0v) is 23.6. The maximum absolute atomic E-state index is 15.3. The molecule has 0 unspecified atom stereocenters. The highest BCUT2D eigenvalue weighted by molar-refractivity contribution is 5.82. The number of anilines is 2. The Kier molecular flexibility index (Phi) is 6.61. The van der Waals surface area contributed by atoms with Crippen LogP contribution in [-0.2, 0) is 25.9 Å². The topological polar surface area (TPSA) is 113 Å². The van der Waals surface area contributed by atoms with Crippen molar-refractivity contribution in [2.45, 2.75) is 46.5 Å². The summed E-state index contributed by atoms with van der Waals surface area (Å²) in [6, 6.07) is 8.46. The molecular formula is C29H31FN8O2. The highest BCUT2D eigenvalue weighted by atomic mass is 19.1. The first-order valence-corrected chi connectivity index (χ1v) is 13.0. The van der Waals surface area contributed by atoms with Gasteiger partial charge in [0, 0.05) is 48.6 Å². The lowest BCUT2D eigenvalue weighted by molar-refractivity contribution is 0.576. The first-order chi connectivity index (χ1) is 18.9. The van der Waals surface area contributed by atoms with Crippen molar-refractivity contribution in [3.63, 3.8) is 0 Å². The molecule has 4 aromatic heterocycles. The summed E-state index contributed by atoms with van der Waals surface area (Å²) in [6.45, 7) is 9.79. The van der Waals surface area contributed by atoms with E-state index in [1.165, 1.54) is 16.9 Å². The molecule has 206 valence electrons. The summed E-state index contributed by atoms with van der Waals surface area (Å²) in [5.74, 6) is 0.207. The molecule has 1 aromatic carbocycles. The number of aryl methyl sites for hydroxylation is 3. The van der Waals surface area contributed by atoms with Gasteiger partial charge in [-0.1, -0.05) is 27.7 Å². The van der Waals surface area contributed by atoms with Gasteiger partial charge in [0.15, 0.2) is 11.6 Å². The number of pyridine rings is 1. The summed E-state index contributed by atoms with van der Waals surface area (Å²) in [5, 5.41) is 16.7. The summed E-state index contributed by atoms with van der Waals surface area (Å²) in [5.41, 5.74) is 2.62. The summed E-state index contributed by atoms with van der Waals surface area (Å²) in [7, 11) is 3.39. The Morgan fingerprint density at radius 1 is 1.00 bits per heavy atom. The van der Waals surface area contributed by atoms with Crippen LogP contribution in [0.25, 0.3) is 27.8 Å². The Labute approximate surface area is 230 Å². The Morgan fingerprint density at radius 3 is 2.40 bits per heavy atom. The van der Waals surface area contributed by atoms with Gasteiger partial charge in [-0.2, -0.15) is 20.0 Å². The molecule has 0 bridgehead atoms. The van der Waals surface area contributed by atoms with E-state index in [4.69, 9.17) is 0 Å². The number of halogens is 1. The third-order valence-electron chi connectivity index (χ3n) is 7.01. The largest absolute Gasteiger partial charge is 0.334 e. The lowest BCUT2D eigenvalue weighted by Crippen LogP contribution is -2.25. The lowest BCUT2D eigenvalue weighted by atomic mass is 9.86. The Hall–Kier alpha value is -4.67. The van der Waals surface area contributed by atoms with Crippen LogP contribution in [0.5, 0.6) is 0 Å². The molecule has 0 fully saturated rings. The Balaban J connectivity index is 1.66. The number of fused-ring (bicyclic) bond motifs is 1. The number of hydrogen-bond acceptors (Lipinski definition) is 7. The SMILES string of the molecule is CCc1c(-c2cc(Nc3cc(C)n(C)n3)c(=O)n(C)n2)ccnc1-n1ncc2cc(C(C)(C)C)cc(F)c2c1=O. The maximum atomic E-state index is 15.3.